The van der Waals surface area contributed by atoms with Gasteiger partial charge in [0.25, 0.3) is 0 Å². The van der Waals surface area contributed by atoms with Gasteiger partial charge in [-0.15, -0.1) is 10.2 Å². The summed E-state index contributed by atoms with van der Waals surface area (Å²) in [7, 11) is 3.94. The molecule has 2 rings (SSSR count). The minimum absolute atomic E-state index is 0.642. The number of anilines is 1. The molecule has 0 bridgehead atoms. The molecule has 0 atom stereocenters. The molecule has 0 radical (unpaired) electrons. The molecule has 2 aromatic rings. The van der Waals surface area contributed by atoms with E-state index in [2.05, 4.69) is 40.4 Å². The summed E-state index contributed by atoms with van der Waals surface area (Å²) in [4.78, 5) is 6.44. The van der Waals surface area contributed by atoms with Crippen molar-refractivity contribution in [2.75, 3.05) is 25.5 Å². The van der Waals surface area contributed by atoms with Crippen LogP contribution in [0.1, 0.15) is 19.4 Å². The summed E-state index contributed by atoms with van der Waals surface area (Å²) < 4.78 is 0.919. The van der Waals surface area contributed by atoms with E-state index in [1.807, 2.05) is 31.3 Å². The number of aromatic nitrogens is 3. The molecule has 0 aromatic carbocycles. The van der Waals surface area contributed by atoms with Gasteiger partial charge in [-0.2, -0.15) is 0 Å². The van der Waals surface area contributed by atoms with Gasteiger partial charge >= 0.3 is 0 Å². The highest BCUT2D eigenvalue weighted by atomic mass is 32.2. The van der Waals surface area contributed by atoms with Gasteiger partial charge in [-0.05, 0) is 35.9 Å². The molecule has 0 spiro atoms. The van der Waals surface area contributed by atoms with Crippen LogP contribution in [0.5, 0.6) is 0 Å². The maximum atomic E-state index is 4.47. The third-order valence-electron chi connectivity index (χ3n) is 2.68. The largest absolute Gasteiger partial charge is 0.353 e. The van der Waals surface area contributed by atoms with E-state index >= 15 is 0 Å². The molecule has 114 valence electrons. The first-order valence-electron chi connectivity index (χ1n) is 6.89. The number of nitrogens with zero attached hydrogens (tertiary/aromatic N) is 4. The van der Waals surface area contributed by atoms with Crippen molar-refractivity contribution in [1.29, 1.82) is 0 Å². The van der Waals surface area contributed by atoms with Crippen LogP contribution >= 0.6 is 23.1 Å². The van der Waals surface area contributed by atoms with Gasteiger partial charge in [-0.1, -0.05) is 31.3 Å². The minimum Gasteiger partial charge on any atom is -0.353 e. The molecule has 0 unspecified atom stereocenters. The highest BCUT2D eigenvalue weighted by Crippen LogP contribution is 2.33. The van der Waals surface area contributed by atoms with E-state index in [1.165, 1.54) is 5.56 Å². The first-order valence-corrected chi connectivity index (χ1v) is 8.53. The Morgan fingerprint density at radius 3 is 2.81 bits per heavy atom. The molecule has 0 saturated heterocycles. The Morgan fingerprint density at radius 2 is 2.14 bits per heavy atom. The quantitative estimate of drug-likeness (QED) is 0.845. The number of nitrogens with one attached hydrogen (secondary N) is 1. The van der Waals surface area contributed by atoms with Crippen LogP contribution in [0, 0.1) is 5.92 Å². The molecular weight excluding hydrogens is 302 g/mol. The molecule has 0 aliphatic heterocycles. The Bertz CT molecular complexity index is 568. The molecule has 0 amide bonds. The number of rotatable bonds is 7. The maximum absolute atomic E-state index is 4.47. The van der Waals surface area contributed by atoms with E-state index in [9.17, 15) is 0 Å². The normalized spacial score (nSPS) is 11.1. The Hall–Kier alpha value is -1.18. The molecule has 7 heteroatoms. The molecule has 0 fully saturated rings. The van der Waals surface area contributed by atoms with Crippen molar-refractivity contribution in [3.8, 4) is 0 Å². The average molecular weight is 323 g/mol. The average Bonchev–Trinajstić information content (AvgIpc) is 2.89. The number of hydrogen-bond acceptors (Lipinski definition) is 7. The summed E-state index contributed by atoms with van der Waals surface area (Å²) in [5, 5.41) is 13.7. The topological polar surface area (TPSA) is 53.9 Å². The molecule has 5 nitrogen and oxygen atoms in total. The van der Waals surface area contributed by atoms with Crippen LogP contribution in [0.15, 0.2) is 27.7 Å². The van der Waals surface area contributed by atoms with Crippen molar-refractivity contribution in [3.05, 3.63) is 23.9 Å². The van der Waals surface area contributed by atoms with Crippen LogP contribution in [0.4, 0.5) is 5.13 Å². The summed E-state index contributed by atoms with van der Waals surface area (Å²) in [5.74, 6) is 0.642. The molecule has 2 heterocycles. The van der Waals surface area contributed by atoms with E-state index in [-0.39, 0.29) is 0 Å². The highest BCUT2D eigenvalue weighted by molar-refractivity contribution is 8.01. The van der Waals surface area contributed by atoms with E-state index in [4.69, 9.17) is 0 Å². The SMILES string of the molecule is CC(C)CNCc1cccnc1Sc1nnc(N(C)C)s1. The van der Waals surface area contributed by atoms with Crippen LogP contribution in [0.2, 0.25) is 0 Å². The van der Waals surface area contributed by atoms with Gasteiger partial charge in [0.1, 0.15) is 5.03 Å². The molecule has 21 heavy (non-hydrogen) atoms. The van der Waals surface area contributed by atoms with Crippen LogP contribution in [-0.4, -0.2) is 35.8 Å². The third kappa shape index (κ3) is 4.94. The molecule has 1 N–H and O–H groups in total. The summed E-state index contributed by atoms with van der Waals surface area (Å²) >= 11 is 3.16. The summed E-state index contributed by atoms with van der Waals surface area (Å²) in [6.07, 6.45) is 1.82. The Labute approximate surface area is 134 Å². The fourth-order valence-corrected chi connectivity index (χ4v) is 3.41. The standard InChI is InChI=1S/C14H21N5S2/c1-10(2)8-15-9-11-6-5-7-16-12(11)20-14-18-17-13(21-14)19(3)4/h5-7,10,15H,8-9H2,1-4H3. The second kappa shape index (κ2) is 7.72. The fraction of sp³-hybridized carbons (Fsp3) is 0.500. The lowest BCUT2D eigenvalue weighted by atomic mass is 10.2. The highest BCUT2D eigenvalue weighted by Gasteiger charge is 2.11. The Morgan fingerprint density at radius 1 is 1.33 bits per heavy atom. The van der Waals surface area contributed by atoms with Crippen molar-refractivity contribution >= 4 is 28.2 Å². The second-order valence-corrected chi connectivity index (χ2v) is 7.53. The lowest BCUT2D eigenvalue weighted by Crippen LogP contribution is -2.19. The lowest BCUT2D eigenvalue weighted by Gasteiger charge is -2.09. The Balaban J connectivity index is 2.04. The van der Waals surface area contributed by atoms with E-state index in [0.29, 0.717) is 5.92 Å². The first kappa shape index (κ1) is 16.2. The van der Waals surface area contributed by atoms with Crippen LogP contribution < -0.4 is 10.2 Å². The van der Waals surface area contributed by atoms with Gasteiger partial charge in [0.2, 0.25) is 5.13 Å². The van der Waals surface area contributed by atoms with E-state index < -0.39 is 0 Å². The molecular formula is C14H21N5S2. The molecule has 0 aliphatic rings. The summed E-state index contributed by atoms with van der Waals surface area (Å²) in [6, 6.07) is 4.08. The van der Waals surface area contributed by atoms with Crippen molar-refractivity contribution in [2.45, 2.75) is 29.8 Å². The Kier molecular flexibility index (Phi) is 5.96. The van der Waals surface area contributed by atoms with Crippen molar-refractivity contribution in [2.24, 2.45) is 5.92 Å². The monoisotopic (exact) mass is 323 g/mol. The van der Waals surface area contributed by atoms with Crippen molar-refractivity contribution in [3.63, 3.8) is 0 Å². The minimum atomic E-state index is 0.642. The summed E-state index contributed by atoms with van der Waals surface area (Å²) in [5.41, 5.74) is 1.20. The molecule has 0 saturated carbocycles. The third-order valence-corrected chi connectivity index (χ3v) is 4.88. The fourth-order valence-electron chi connectivity index (χ4n) is 1.65. The van der Waals surface area contributed by atoms with E-state index in [1.54, 1.807) is 23.1 Å². The predicted octanol–water partition coefficient (Wildman–Crippen LogP) is 2.90. The van der Waals surface area contributed by atoms with Gasteiger partial charge in [-0.25, -0.2) is 4.98 Å². The smallest absolute Gasteiger partial charge is 0.208 e. The van der Waals surface area contributed by atoms with Crippen molar-refractivity contribution in [1.82, 2.24) is 20.5 Å². The van der Waals surface area contributed by atoms with Crippen LogP contribution in [0.3, 0.4) is 0 Å². The van der Waals surface area contributed by atoms with Crippen LogP contribution in [0.25, 0.3) is 0 Å². The van der Waals surface area contributed by atoms with Gasteiger partial charge in [0, 0.05) is 26.8 Å². The second-order valence-electron chi connectivity index (χ2n) is 5.34. The first-order chi connectivity index (χ1) is 10.1. The number of hydrogen-bond donors (Lipinski definition) is 1. The van der Waals surface area contributed by atoms with E-state index in [0.717, 1.165) is 27.6 Å². The maximum Gasteiger partial charge on any atom is 0.208 e. The predicted molar refractivity (Wildman–Crippen MR) is 89.1 cm³/mol. The zero-order valence-electron chi connectivity index (χ0n) is 12.8. The van der Waals surface area contributed by atoms with Gasteiger partial charge in [0.05, 0.1) is 0 Å². The molecule has 0 aliphatic carbocycles. The lowest BCUT2D eigenvalue weighted by molar-refractivity contribution is 0.549. The van der Waals surface area contributed by atoms with Gasteiger partial charge in [-0.3, -0.25) is 0 Å². The molecule has 2 aromatic heterocycles. The van der Waals surface area contributed by atoms with Gasteiger partial charge < -0.3 is 10.2 Å². The number of pyridine rings is 1. The van der Waals surface area contributed by atoms with Gasteiger partial charge in [0.15, 0.2) is 4.34 Å². The van der Waals surface area contributed by atoms with Crippen molar-refractivity contribution < 1.29 is 0 Å². The zero-order valence-corrected chi connectivity index (χ0v) is 14.5. The summed E-state index contributed by atoms with van der Waals surface area (Å²) in [6.45, 7) is 6.24. The van der Waals surface area contributed by atoms with Crippen LogP contribution in [-0.2, 0) is 6.54 Å². The zero-order chi connectivity index (χ0) is 15.2.